The maximum absolute atomic E-state index is 10.6. The zero-order valence-corrected chi connectivity index (χ0v) is 10.2. The van der Waals surface area contributed by atoms with Crippen molar-refractivity contribution in [1.82, 2.24) is 4.90 Å². The largest absolute Gasteiger partial charge is 0.394 e. The summed E-state index contributed by atoms with van der Waals surface area (Å²) in [5.74, 6) is 0. The van der Waals surface area contributed by atoms with Crippen LogP contribution >= 0.6 is 0 Å². The molecule has 2 aliphatic rings. The maximum atomic E-state index is 10.6. The molecule has 2 atom stereocenters. The number of nitro benzene ring substituents is 1. The van der Waals surface area contributed by atoms with E-state index in [0.717, 1.165) is 5.56 Å². The van der Waals surface area contributed by atoms with Crippen molar-refractivity contribution in [3.8, 4) is 0 Å². The van der Waals surface area contributed by atoms with E-state index >= 15 is 0 Å². The lowest BCUT2D eigenvalue weighted by Gasteiger charge is -2.28. The molecule has 0 aliphatic carbocycles. The van der Waals surface area contributed by atoms with Crippen LogP contribution in [0.5, 0.6) is 0 Å². The molecule has 1 N–H and O–H groups in total. The van der Waals surface area contributed by atoms with Gasteiger partial charge in [-0.25, -0.2) is 4.90 Å². The lowest BCUT2D eigenvalue weighted by molar-refractivity contribution is -0.384. The Hall–Kier alpha value is -1.54. The predicted octanol–water partition coefficient (Wildman–Crippen LogP) is 0.644. The summed E-state index contributed by atoms with van der Waals surface area (Å²) in [5, 5.41) is 20.1. The summed E-state index contributed by atoms with van der Waals surface area (Å²) < 4.78 is 11.1. The molecular weight excluding hydrogens is 252 g/mol. The summed E-state index contributed by atoms with van der Waals surface area (Å²) in [6.45, 7) is 1.19. The zero-order valence-electron chi connectivity index (χ0n) is 10.2. The monoisotopic (exact) mass is 266 g/mol. The number of aliphatic hydroxyl groups excluding tert-OH is 1. The lowest BCUT2D eigenvalue weighted by atomic mass is 10.0. The van der Waals surface area contributed by atoms with E-state index in [0.29, 0.717) is 19.9 Å². The number of nitro groups is 1. The first kappa shape index (κ1) is 12.5. The van der Waals surface area contributed by atoms with Crippen molar-refractivity contribution < 1.29 is 19.5 Å². The van der Waals surface area contributed by atoms with Crippen molar-refractivity contribution in [2.45, 2.75) is 11.8 Å². The standard InChI is InChI=1S/C12H14N2O5/c15-5-12-6-18-8-13(12)11(19-7-12)9-1-3-10(4-2-9)14(16)17/h1-4,11,15H,5-8H2/t11-,12+/m0/s1. The Morgan fingerprint density at radius 2 is 2.16 bits per heavy atom. The number of rotatable bonds is 3. The Morgan fingerprint density at radius 3 is 2.79 bits per heavy atom. The van der Waals surface area contributed by atoms with Gasteiger partial charge in [-0.1, -0.05) is 0 Å². The van der Waals surface area contributed by atoms with Gasteiger partial charge in [-0.3, -0.25) is 10.1 Å². The molecule has 0 radical (unpaired) electrons. The highest BCUT2D eigenvalue weighted by Crippen LogP contribution is 2.40. The number of aliphatic hydroxyl groups is 1. The number of ether oxygens (including phenoxy) is 2. The minimum absolute atomic E-state index is 0.0313. The first-order valence-electron chi connectivity index (χ1n) is 5.98. The van der Waals surface area contributed by atoms with E-state index in [1.54, 1.807) is 12.1 Å². The highest BCUT2D eigenvalue weighted by atomic mass is 16.6. The minimum Gasteiger partial charge on any atom is -0.394 e. The molecule has 2 heterocycles. The SMILES string of the molecule is O=[N+]([O-])c1ccc([C@@H]2OC[C@@]3(CO)COCN23)cc1. The molecule has 102 valence electrons. The Bertz CT molecular complexity index is 491. The van der Waals surface area contributed by atoms with Gasteiger partial charge in [0.05, 0.1) is 30.3 Å². The topological polar surface area (TPSA) is 85.1 Å². The summed E-state index contributed by atoms with van der Waals surface area (Å²) in [7, 11) is 0. The summed E-state index contributed by atoms with van der Waals surface area (Å²) in [4.78, 5) is 12.1. The lowest BCUT2D eigenvalue weighted by Crippen LogP contribution is -2.46. The fourth-order valence-electron chi connectivity index (χ4n) is 2.54. The third kappa shape index (κ3) is 1.91. The second kappa shape index (κ2) is 4.53. The fraction of sp³-hybridized carbons (Fsp3) is 0.500. The van der Waals surface area contributed by atoms with Crippen molar-refractivity contribution in [2.24, 2.45) is 0 Å². The van der Waals surface area contributed by atoms with Crippen LogP contribution in [0.2, 0.25) is 0 Å². The first-order valence-corrected chi connectivity index (χ1v) is 5.98. The van der Waals surface area contributed by atoms with E-state index in [4.69, 9.17) is 9.47 Å². The van der Waals surface area contributed by atoms with Crippen LogP contribution in [0.3, 0.4) is 0 Å². The van der Waals surface area contributed by atoms with Gasteiger partial charge in [0.25, 0.3) is 5.69 Å². The number of hydrogen-bond acceptors (Lipinski definition) is 6. The van der Waals surface area contributed by atoms with Crippen LogP contribution in [-0.4, -0.2) is 47.0 Å². The molecule has 2 saturated heterocycles. The minimum atomic E-state index is -0.480. The molecule has 0 unspecified atom stereocenters. The molecule has 3 rings (SSSR count). The number of hydrogen-bond donors (Lipinski definition) is 1. The quantitative estimate of drug-likeness (QED) is 0.638. The van der Waals surface area contributed by atoms with E-state index < -0.39 is 10.5 Å². The Balaban J connectivity index is 1.85. The summed E-state index contributed by atoms with van der Waals surface area (Å²) >= 11 is 0. The predicted molar refractivity (Wildman–Crippen MR) is 64.3 cm³/mol. The molecule has 0 bridgehead atoms. The van der Waals surface area contributed by atoms with Gasteiger partial charge in [-0.15, -0.1) is 0 Å². The average Bonchev–Trinajstić information content (AvgIpc) is 2.97. The smallest absolute Gasteiger partial charge is 0.269 e. The van der Waals surface area contributed by atoms with Crippen LogP contribution in [0.15, 0.2) is 24.3 Å². The zero-order chi connectivity index (χ0) is 13.5. The summed E-state index contributed by atoms with van der Waals surface area (Å²) in [5.41, 5.74) is 0.395. The van der Waals surface area contributed by atoms with Crippen molar-refractivity contribution in [2.75, 3.05) is 26.6 Å². The molecule has 7 heteroatoms. The maximum Gasteiger partial charge on any atom is 0.269 e. The molecular formula is C12H14N2O5. The van der Waals surface area contributed by atoms with Gasteiger partial charge in [-0.2, -0.15) is 0 Å². The number of nitrogens with zero attached hydrogens (tertiary/aromatic N) is 2. The van der Waals surface area contributed by atoms with Gasteiger partial charge in [0.1, 0.15) is 13.0 Å². The first-order chi connectivity index (χ1) is 9.16. The average molecular weight is 266 g/mol. The van der Waals surface area contributed by atoms with Crippen LogP contribution in [0.25, 0.3) is 0 Å². The molecule has 0 aromatic heterocycles. The van der Waals surface area contributed by atoms with E-state index in [-0.39, 0.29) is 18.5 Å². The highest BCUT2D eigenvalue weighted by molar-refractivity contribution is 5.34. The molecule has 0 spiro atoms. The van der Waals surface area contributed by atoms with Gasteiger partial charge in [0, 0.05) is 12.1 Å². The second-order valence-corrected chi connectivity index (χ2v) is 4.84. The van der Waals surface area contributed by atoms with Crippen molar-refractivity contribution in [1.29, 1.82) is 0 Å². The molecule has 1 aromatic carbocycles. The fourth-order valence-corrected chi connectivity index (χ4v) is 2.54. The number of non-ortho nitro benzene ring substituents is 1. The molecule has 7 nitrogen and oxygen atoms in total. The second-order valence-electron chi connectivity index (χ2n) is 4.84. The van der Waals surface area contributed by atoms with Crippen molar-refractivity contribution in [3.63, 3.8) is 0 Å². The van der Waals surface area contributed by atoms with Crippen LogP contribution in [0, 0.1) is 10.1 Å². The van der Waals surface area contributed by atoms with Crippen molar-refractivity contribution in [3.05, 3.63) is 39.9 Å². The van der Waals surface area contributed by atoms with Gasteiger partial charge in [0.2, 0.25) is 0 Å². The summed E-state index contributed by atoms with van der Waals surface area (Å²) in [6, 6.07) is 6.26. The Labute approximate surface area is 109 Å². The van der Waals surface area contributed by atoms with Gasteiger partial charge < -0.3 is 14.6 Å². The van der Waals surface area contributed by atoms with Crippen LogP contribution in [0.4, 0.5) is 5.69 Å². The van der Waals surface area contributed by atoms with Crippen LogP contribution in [-0.2, 0) is 9.47 Å². The molecule has 1 aromatic rings. The van der Waals surface area contributed by atoms with Crippen LogP contribution in [0.1, 0.15) is 11.8 Å². The van der Waals surface area contributed by atoms with E-state index in [1.807, 2.05) is 4.90 Å². The highest BCUT2D eigenvalue weighted by Gasteiger charge is 2.51. The molecule has 2 fully saturated rings. The van der Waals surface area contributed by atoms with E-state index in [9.17, 15) is 15.2 Å². The third-order valence-corrected chi connectivity index (χ3v) is 3.69. The van der Waals surface area contributed by atoms with Gasteiger partial charge in [0.15, 0.2) is 0 Å². The van der Waals surface area contributed by atoms with Gasteiger partial charge >= 0.3 is 0 Å². The summed E-state index contributed by atoms with van der Waals surface area (Å²) in [6.07, 6.45) is -0.324. The van der Waals surface area contributed by atoms with E-state index in [1.165, 1.54) is 12.1 Å². The molecule has 2 aliphatic heterocycles. The van der Waals surface area contributed by atoms with Gasteiger partial charge in [-0.05, 0) is 17.7 Å². The van der Waals surface area contributed by atoms with Crippen molar-refractivity contribution >= 4 is 5.69 Å². The molecule has 0 amide bonds. The normalized spacial score (nSPS) is 30.5. The number of fused-ring (bicyclic) bond motifs is 1. The molecule has 19 heavy (non-hydrogen) atoms. The van der Waals surface area contributed by atoms with Crippen LogP contribution < -0.4 is 0 Å². The Morgan fingerprint density at radius 1 is 1.42 bits per heavy atom. The number of benzene rings is 1. The molecule has 0 saturated carbocycles. The Kier molecular flexibility index (Phi) is 2.98. The van der Waals surface area contributed by atoms with E-state index in [2.05, 4.69) is 0 Å². The third-order valence-electron chi connectivity index (χ3n) is 3.69.